The Balaban J connectivity index is 1.60. The maximum absolute atomic E-state index is 6.23. The lowest BCUT2D eigenvalue weighted by atomic mass is 9.89. The Labute approximate surface area is 197 Å². The fourth-order valence-electron chi connectivity index (χ4n) is 5.15. The molecule has 0 spiro atoms. The summed E-state index contributed by atoms with van der Waals surface area (Å²) in [6.45, 7) is 0. The van der Waals surface area contributed by atoms with Crippen molar-refractivity contribution in [1.29, 1.82) is 0 Å². The molecule has 7 aromatic rings. The Morgan fingerprint density at radius 1 is 0.500 bits per heavy atom. The molecule has 1 N–H and O–H groups in total. The van der Waals surface area contributed by atoms with Gasteiger partial charge in [-0.1, -0.05) is 84.9 Å². The molecule has 0 aliphatic rings. The van der Waals surface area contributed by atoms with E-state index in [-0.39, 0.29) is 0 Å². The molecule has 34 heavy (non-hydrogen) atoms. The second kappa shape index (κ2) is 7.50. The standard InChI is InChI=1S/C32H21NO/c1-2-11-22(12-3-1)33-28-17-8-15-24-27(28)20-21-10-4-5-13-23(21)31(24)26-16-9-19-30-32(26)25-14-6-7-18-29(25)34-30/h1-20,33H. The van der Waals surface area contributed by atoms with E-state index in [0.717, 1.165) is 33.3 Å². The third-order valence-electron chi connectivity index (χ3n) is 6.63. The highest BCUT2D eigenvalue weighted by Crippen LogP contribution is 2.44. The lowest BCUT2D eigenvalue weighted by molar-refractivity contribution is 0.669. The maximum Gasteiger partial charge on any atom is 0.136 e. The lowest BCUT2D eigenvalue weighted by Crippen LogP contribution is -1.93. The van der Waals surface area contributed by atoms with Crippen molar-refractivity contribution in [1.82, 2.24) is 0 Å². The largest absolute Gasteiger partial charge is 0.456 e. The molecule has 6 aromatic carbocycles. The predicted molar refractivity (Wildman–Crippen MR) is 144 cm³/mol. The van der Waals surface area contributed by atoms with Crippen LogP contribution in [0.15, 0.2) is 126 Å². The molecule has 0 amide bonds. The molecular weight excluding hydrogens is 414 g/mol. The van der Waals surface area contributed by atoms with Crippen molar-refractivity contribution in [3.8, 4) is 11.1 Å². The number of para-hydroxylation sites is 2. The number of hydrogen-bond donors (Lipinski definition) is 1. The quantitative estimate of drug-likeness (QED) is 0.280. The second-order valence-electron chi connectivity index (χ2n) is 8.64. The summed E-state index contributed by atoms with van der Waals surface area (Å²) >= 11 is 0. The van der Waals surface area contributed by atoms with Crippen molar-refractivity contribution in [2.45, 2.75) is 0 Å². The van der Waals surface area contributed by atoms with Gasteiger partial charge in [0, 0.05) is 27.5 Å². The molecule has 0 atom stereocenters. The van der Waals surface area contributed by atoms with Crippen LogP contribution in [0.2, 0.25) is 0 Å². The van der Waals surface area contributed by atoms with E-state index in [0.29, 0.717) is 0 Å². The number of anilines is 2. The van der Waals surface area contributed by atoms with Crippen LogP contribution in [0.1, 0.15) is 0 Å². The molecule has 0 saturated heterocycles. The molecule has 0 fully saturated rings. The Kier molecular flexibility index (Phi) is 4.18. The topological polar surface area (TPSA) is 25.2 Å². The summed E-state index contributed by atoms with van der Waals surface area (Å²) in [5, 5.41) is 10.8. The lowest BCUT2D eigenvalue weighted by Gasteiger charge is -2.16. The Hall–Kier alpha value is -4.56. The van der Waals surface area contributed by atoms with Gasteiger partial charge in [-0.2, -0.15) is 0 Å². The predicted octanol–water partition coefficient (Wildman–Crippen LogP) is 9.30. The zero-order chi connectivity index (χ0) is 22.5. The molecule has 2 nitrogen and oxygen atoms in total. The Morgan fingerprint density at radius 3 is 2.12 bits per heavy atom. The molecule has 7 rings (SSSR count). The van der Waals surface area contributed by atoms with Crippen LogP contribution >= 0.6 is 0 Å². The third kappa shape index (κ3) is 2.89. The molecule has 1 aromatic heterocycles. The van der Waals surface area contributed by atoms with E-state index < -0.39 is 0 Å². The highest BCUT2D eigenvalue weighted by molar-refractivity contribution is 6.22. The van der Waals surface area contributed by atoms with Gasteiger partial charge in [-0.15, -0.1) is 0 Å². The van der Waals surface area contributed by atoms with Crippen molar-refractivity contribution in [3.05, 3.63) is 121 Å². The van der Waals surface area contributed by atoms with Gasteiger partial charge < -0.3 is 9.73 Å². The van der Waals surface area contributed by atoms with Gasteiger partial charge in [0.05, 0.1) is 0 Å². The minimum absolute atomic E-state index is 0.915. The van der Waals surface area contributed by atoms with Crippen molar-refractivity contribution in [2.24, 2.45) is 0 Å². The van der Waals surface area contributed by atoms with Crippen LogP contribution in [0.5, 0.6) is 0 Å². The average Bonchev–Trinajstić information content (AvgIpc) is 3.27. The molecule has 0 aliphatic carbocycles. The minimum Gasteiger partial charge on any atom is -0.456 e. The molecule has 0 radical (unpaired) electrons. The van der Waals surface area contributed by atoms with Crippen LogP contribution in [0.3, 0.4) is 0 Å². The highest BCUT2D eigenvalue weighted by atomic mass is 16.3. The molecular formula is C32H21NO. The summed E-state index contributed by atoms with van der Waals surface area (Å²) in [7, 11) is 0. The van der Waals surface area contributed by atoms with Gasteiger partial charge in [0.15, 0.2) is 0 Å². The van der Waals surface area contributed by atoms with E-state index in [9.17, 15) is 0 Å². The van der Waals surface area contributed by atoms with Gasteiger partial charge >= 0.3 is 0 Å². The summed E-state index contributed by atoms with van der Waals surface area (Å²) < 4.78 is 6.23. The highest BCUT2D eigenvalue weighted by Gasteiger charge is 2.17. The van der Waals surface area contributed by atoms with Gasteiger partial charge in [-0.25, -0.2) is 0 Å². The number of hydrogen-bond acceptors (Lipinski definition) is 2. The van der Waals surface area contributed by atoms with Gasteiger partial charge in [0.1, 0.15) is 11.2 Å². The van der Waals surface area contributed by atoms with Crippen LogP contribution in [0.4, 0.5) is 11.4 Å². The first-order valence-corrected chi connectivity index (χ1v) is 11.5. The number of furan rings is 1. The maximum atomic E-state index is 6.23. The van der Waals surface area contributed by atoms with Gasteiger partial charge in [0.2, 0.25) is 0 Å². The average molecular weight is 436 g/mol. The third-order valence-corrected chi connectivity index (χ3v) is 6.63. The SMILES string of the molecule is c1ccc(Nc2cccc3c(-c4cccc5oc6ccccc6c45)c4ccccc4cc23)cc1. The molecule has 0 saturated carbocycles. The normalized spacial score (nSPS) is 11.5. The van der Waals surface area contributed by atoms with E-state index in [2.05, 4.69) is 108 Å². The number of fused-ring (bicyclic) bond motifs is 5. The van der Waals surface area contributed by atoms with Crippen molar-refractivity contribution >= 4 is 54.9 Å². The van der Waals surface area contributed by atoms with Crippen molar-refractivity contribution in [3.63, 3.8) is 0 Å². The summed E-state index contributed by atoms with van der Waals surface area (Å²) in [5.41, 5.74) is 6.44. The zero-order valence-corrected chi connectivity index (χ0v) is 18.5. The smallest absolute Gasteiger partial charge is 0.136 e. The van der Waals surface area contributed by atoms with Crippen LogP contribution in [0, 0.1) is 0 Å². The molecule has 1 heterocycles. The van der Waals surface area contributed by atoms with Crippen molar-refractivity contribution < 1.29 is 4.42 Å². The van der Waals surface area contributed by atoms with E-state index in [1.165, 1.54) is 32.7 Å². The molecule has 0 bridgehead atoms. The summed E-state index contributed by atoms with van der Waals surface area (Å²) in [6.07, 6.45) is 0. The van der Waals surface area contributed by atoms with Gasteiger partial charge in [-0.05, 0) is 63.7 Å². The molecule has 2 heteroatoms. The first-order chi connectivity index (χ1) is 16.9. The zero-order valence-electron chi connectivity index (χ0n) is 18.5. The molecule has 0 aliphatic heterocycles. The van der Waals surface area contributed by atoms with Crippen molar-refractivity contribution in [2.75, 3.05) is 5.32 Å². The fraction of sp³-hybridized carbons (Fsp3) is 0. The monoisotopic (exact) mass is 435 g/mol. The molecule has 160 valence electrons. The summed E-state index contributed by atoms with van der Waals surface area (Å²) in [4.78, 5) is 0. The van der Waals surface area contributed by atoms with E-state index >= 15 is 0 Å². The van der Waals surface area contributed by atoms with Crippen LogP contribution < -0.4 is 5.32 Å². The number of rotatable bonds is 3. The van der Waals surface area contributed by atoms with E-state index in [1.54, 1.807) is 0 Å². The van der Waals surface area contributed by atoms with Crippen LogP contribution in [-0.2, 0) is 0 Å². The van der Waals surface area contributed by atoms with Gasteiger partial charge in [0.25, 0.3) is 0 Å². The second-order valence-corrected chi connectivity index (χ2v) is 8.64. The minimum atomic E-state index is 0.915. The fourth-order valence-corrected chi connectivity index (χ4v) is 5.15. The van der Waals surface area contributed by atoms with E-state index in [1.807, 2.05) is 18.2 Å². The Bertz CT molecular complexity index is 1830. The summed E-state index contributed by atoms with van der Waals surface area (Å²) in [5.74, 6) is 0. The summed E-state index contributed by atoms with van der Waals surface area (Å²) in [6, 6.07) is 42.5. The first-order valence-electron chi connectivity index (χ1n) is 11.5. The van der Waals surface area contributed by atoms with Crippen LogP contribution in [-0.4, -0.2) is 0 Å². The molecule has 0 unspecified atom stereocenters. The Morgan fingerprint density at radius 2 is 1.21 bits per heavy atom. The van der Waals surface area contributed by atoms with Crippen LogP contribution in [0.25, 0.3) is 54.6 Å². The number of nitrogens with one attached hydrogen (secondary N) is 1. The first kappa shape index (κ1) is 19.0. The van der Waals surface area contributed by atoms with Gasteiger partial charge in [-0.3, -0.25) is 0 Å². The van der Waals surface area contributed by atoms with E-state index in [4.69, 9.17) is 4.42 Å². The number of benzene rings is 6.